The van der Waals surface area contributed by atoms with Gasteiger partial charge in [-0.3, -0.25) is 9.78 Å². The molecule has 2 N–H and O–H groups in total. The molecule has 25 heavy (non-hydrogen) atoms. The Bertz CT molecular complexity index is 830. The number of fused-ring (bicyclic) bond motifs is 1. The number of benzene rings is 1. The number of anilines is 1. The molecule has 6 heteroatoms. The molecule has 1 aromatic carbocycles. The third kappa shape index (κ3) is 3.96. The minimum atomic E-state index is -0.502. The number of aryl methyl sites for hydroxylation is 1. The first-order valence-electron chi connectivity index (χ1n) is 8.16. The number of nitrogens with one attached hydrogen (secondary N) is 2. The molecular formula is C19H21N3O3. The van der Waals surface area contributed by atoms with Crippen molar-refractivity contribution in [3.05, 3.63) is 53.3 Å². The van der Waals surface area contributed by atoms with E-state index >= 15 is 0 Å². The summed E-state index contributed by atoms with van der Waals surface area (Å²) in [6.07, 6.45) is 2.03. The Labute approximate surface area is 146 Å². The summed E-state index contributed by atoms with van der Waals surface area (Å²) in [4.78, 5) is 28.5. The van der Waals surface area contributed by atoms with E-state index in [1.54, 1.807) is 24.4 Å². The Kier molecular flexibility index (Phi) is 4.44. The topological polar surface area (TPSA) is 80.3 Å². The molecule has 130 valence electrons. The Morgan fingerprint density at radius 1 is 1.32 bits per heavy atom. The van der Waals surface area contributed by atoms with Gasteiger partial charge in [-0.15, -0.1) is 0 Å². The second-order valence-corrected chi connectivity index (χ2v) is 6.73. The van der Waals surface area contributed by atoms with Crippen LogP contribution >= 0.6 is 0 Å². The summed E-state index contributed by atoms with van der Waals surface area (Å²) in [6.45, 7) is 6.04. The average molecular weight is 339 g/mol. The van der Waals surface area contributed by atoms with E-state index in [0.717, 1.165) is 11.3 Å². The molecule has 0 saturated carbocycles. The van der Waals surface area contributed by atoms with Crippen LogP contribution in [0.3, 0.4) is 0 Å². The fourth-order valence-electron chi connectivity index (χ4n) is 2.79. The van der Waals surface area contributed by atoms with Gasteiger partial charge in [0.1, 0.15) is 11.4 Å². The van der Waals surface area contributed by atoms with Crippen LogP contribution in [0.5, 0.6) is 5.75 Å². The predicted molar refractivity (Wildman–Crippen MR) is 94.9 cm³/mol. The lowest BCUT2D eigenvalue weighted by molar-refractivity contribution is 0.0620. The molecule has 0 saturated heterocycles. The quantitative estimate of drug-likeness (QED) is 0.897. The van der Waals surface area contributed by atoms with E-state index in [1.807, 2.05) is 32.9 Å². The lowest BCUT2D eigenvalue weighted by Gasteiger charge is -2.31. The number of amides is 2. The number of hydrogen-bond donors (Lipinski definition) is 2. The van der Waals surface area contributed by atoms with Crippen molar-refractivity contribution < 1.29 is 14.3 Å². The van der Waals surface area contributed by atoms with Crippen molar-refractivity contribution in [1.82, 2.24) is 10.3 Å². The molecule has 0 bridgehead atoms. The largest absolute Gasteiger partial charge is 0.487 e. The molecule has 0 radical (unpaired) electrons. The zero-order chi connectivity index (χ0) is 18.0. The van der Waals surface area contributed by atoms with Gasteiger partial charge in [-0.2, -0.15) is 0 Å². The highest BCUT2D eigenvalue weighted by molar-refractivity contribution is 6.02. The van der Waals surface area contributed by atoms with Gasteiger partial charge in [0.05, 0.1) is 12.0 Å². The van der Waals surface area contributed by atoms with Crippen LogP contribution in [0.15, 0.2) is 36.5 Å². The highest BCUT2D eigenvalue weighted by Gasteiger charge is 2.32. The van der Waals surface area contributed by atoms with Gasteiger partial charge in [0.25, 0.3) is 0 Å². The van der Waals surface area contributed by atoms with Crippen molar-refractivity contribution in [1.29, 1.82) is 0 Å². The molecule has 6 nitrogen and oxygen atoms in total. The van der Waals surface area contributed by atoms with E-state index in [1.165, 1.54) is 0 Å². The molecule has 0 unspecified atom stereocenters. The van der Waals surface area contributed by atoms with E-state index in [4.69, 9.17) is 4.74 Å². The van der Waals surface area contributed by atoms with Gasteiger partial charge in [0.15, 0.2) is 5.78 Å². The summed E-state index contributed by atoms with van der Waals surface area (Å²) in [7, 11) is 0. The fraction of sp³-hybridized carbons (Fsp3) is 0.316. The maximum Gasteiger partial charge on any atom is 0.319 e. The number of rotatable bonds is 3. The van der Waals surface area contributed by atoms with Crippen molar-refractivity contribution >= 4 is 17.5 Å². The van der Waals surface area contributed by atoms with Crippen molar-refractivity contribution in [3.8, 4) is 5.75 Å². The summed E-state index contributed by atoms with van der Waals surface area (Å²) < 4.78 is 5.81. The predicted octanol–water partition coefficient (Wildman–Crippen LogP) is 3.46. The standard InChI is InChI=1S/C19H21N3O3/c1-12-13(5-4-8-20-12)11-21-18(24)22-14-6-7-17-15(9-14)16(23)10-19(2,3)25-17/h4-9H,10-11H2,1-3H3,(H2,21,22,24). The van der Waals surface area contributed by atoms with E-state index in [2.05, 4.69) is 15.6 Å². The normalized spacial score (nSPS) is 15.1. The number of ketones is 1. The summed E-state index contributed by atoms with van der Waals surface area (Å²) >= 11 is 0. The first kappa shape index (κ1) is 17.0. The molecule has 1 aliphatic heterocycles. The molecule has 2 aromatic rings. The van der Waals surface area contributed by atoms with Crippen LogP contribution in [0.1, 0.15) is 41.9 Å². The monoisotopic (exact) mass is 339 g/mol. The molecule has 0 fully saturated rings. The maximum atomic E-state index is 12.3. The number of ether oxygens (including phenoxy) is 1. The van der Waals surface area contributed by atoms with E-state index in [0.29, 0.717) is 30.0 Å². The minimum absolute atomic E-state index is 0.0151. The van der Waals surface area contributed by atoms with Crippen LogP contribution < -0.4 is 15.4 Å². The van der Waals surface area contributed by atoms with E-state index < -0.39 is 5.60 Å². The highest BCUT2D eigenvalue weighted by atomic mass is 16.5. The Morgan fingerprint density at radius 3 is 2.88 bits per heavy atom. The van der Waals surface area contributed by atoms with Crippen molar-refractivity contribution in [3.63, 3.8) is 0 Å². The zero-order valence-electron chi connectivity index (χ0n) is 14.6. The number of nitrogens with zero attached hydrogens (tertiary/aromatic N) is 1. The minimum Gasteiger partial charge on any atom is -0.487 e. The molecule has 2 heterocycles. The summed E-state index contributed by atoms with van der Waals surface area (Å²) in [6, 6.07) is 8.50. The van der Waals surface area contributed by atoms with Crippen LogP contribution in [0.25, 0.3) is 0 Å². The Morgan fingerprint density at radius 2 is 2.12 bits per heavy atom. The molecule has 2 amide bonds. The third-order valence-corrected chi connectivity index (χ3v) is 4.07. The highest BCUT2D eigenvalue weighted by Crippen LogP contribution is 2.34. The van der Waals surface area contributed by atoms with Crippen LogP contribution in [0.4, 0.5) is 10.5 Å². The average Bonchev–Trinajstić information content (AvgIpc) is 2.54. The molecule has 1 aromatic heterocycles. The van der Waals surface area contributed by atoms with Gasteiger partial charge in [-0.05, 0) is 50.6 Å². The van der Waals surface area contributed by atoms with Gasteiger partial charge in [-0.25, -0.2) is 4.79 Å². The lowest BCUT2D eigenvalue weighted by atomic mass is 9.93. The second-order valence-electron chi connectivity index (χ2n) is 6.73. The molecule has 3 rings (SSSR count). The summed E-state index contributed by atoms with van der Waals surface area (Å²) in [5.74, 6) is 0.569. The van der Waals surface area contributed by atoms with Gasteiger partial charge >= 0.3 is 6.03 Å². The van der Waals surface area contributed by atoms with Crippen LogP contribution in [-0.4, -0.2) is 22.4 Å². The molecule has 0 spiro atoms. The Hall–Kier alpha value is -2.89. The Balaban J connectivity index is 1.66. The number of aromatic nitrogens is 1. The smallest absolute Gasteiger partial charge is 0.319 e. The second kappa shape index (κ2) is 6.55. The maximum absolute atomic E-state index is 12.3. The fourth-order valence-corrected chi connectivity index (χ4v) is 2.79. The van der Waals surface area contributed by atoms with Gasteiger partial charge in [0, 0.05) is 24.1 Å². The van der Waals surface area contributed by atoms with Crippen LogP contribution in [-0.2, 0) is 6.54 Å². The van der Waals surface area contributed by atoms with E-state index in [-0.39, 0.29) is 11.8 Å². The first-order chi connectivity index (χ1) is 11.8. The third-order valence-electron chi connectivity index (χ3n) is 4.07. The lowest BCUT2D eigenvalue weighted by Crippen LogP contribution is -2.36. The van der Waals surface area contributed by atoms with Gasteiger partial charge in [-0.1, -0.05) is 6.07 Å². The van der Waals surface area contributed by atoms with Crippen LogP contribution in [0, 0.1) is 6.92 Å². The summed E-state index contributed by atoms with van der Waals surface area (Å²) in [5.41, 5.74) is 2.38. The van der Waals surface area contributed by atoms with Crippen molar-refractivity contribution in [2.24, 2.45) is 0 Å². The zero-order valence-corrected chi connectivity index (χ0v) is 14.6. The van der Waals surface area contributed by atoms with E-state index in [9.17, 15) is 9.59 Å². The number of carbonyl (C=O) groups is 2. The SMILES string of the molecule is Cc1ncccc1CNC(=O)Nc1ccc2c(c1)C(=O)CC(C)(C)O2. The molecule has 0 aliphatic carbocycles. The number of pyridine rings is 1. The number of hydrogen-bond acceptors (Lipinski definition) is 4. The number of urea groups is 1. The van der Waals surface area contributed by atoms with Crippen LogP contribution in [0.2, 0.25) is 0 Å². The number of carbonyl (C=O) groups excluding carboxylic acids is 2. The van der Waals surface area contributed by atoms with Gasteiger partial charge in [0.2, 0.25) is 0 Å². The first-order valence-corrected chi connectivity index (χ1v) is 8.16. The van der Waals surface area contributed by atoms with Crippen molar-refractivity contribution in [2.75, 3.05) is 5.32 Å². The molecule has 1 aliphatic rings. The van der Waals surface area contributed by atoms with Gasteiger partial charge < -0.3 is 15.4 Å². The molecular weight excluding hydrogens is 318 g/mol. The van der Waals surface area contributed by atoms with Crippen molar-refractivity contribution in [2.45, 2.75) is 39.3 Å². The molecule has 0 atom stereocenters. The summed E-state index contributed by atoms with van der Waals surface area (Å²) in [5, 5.41) is 5.53. The number of Topliss-reactive ketones (excluding diaryl/α,β-unsaturated/α-hetero) is 1.